The number of carbonyl (C=O) groups excluding carboxylic acids is 2. The van der Waals surface area contributed by atoms with Crippen molar-refractivity contribution in [2.45, 2.75) is 43.9 Å². The van der Waals surface area contributed by atoms with E-state index in [1.165, 1.54) is 12.4 Å². The van der Waals surface area contributed by atoms with Crippen LogP contribution in [0.2, 0.25) is 0 Å². The van der Waals surface area contributed by atoms with Gasteiger partial charge < -0.3 is 20.3 Å². The van der Waals surface area contributed by atoms with Crippen LogP contribution in [0.1, 0.15) is 44.1 Å². The number of benzene rings is 1. The number of ether oxygens (including phenoxy) is 2. The number of anilines is 1. The van der Waals surface area contributed by atoms with Crippen molar-refractivity contribution in [1.82, 2.24) is 9.97 Å². The Morgan fingerprint density at radius 1 is 0.861 bits per heavy atom. The lowest BCUT2D eigenvalue weighted by Gasteiger charge is -2.64. The van der Waals surface area contributed by atoms with Crippen molar-refractivity contribution in [2.24, 2.45) is 16.7 Å². The van der Waals surface area contributed by atoms with Crippen molar-refractivity contribution in [3.05, 3.63) is 72.8 Å². The van der Waals surface area contributed by atoms with Crippen LogP contribution in [0.15, 0.2) is 67.3 Å². The smallest absolute Gasteiger partial charge is 0.317 e. The second kappa shape index (κ2) is 8.05. The molecular formula is C28H27N3O5. The van der Waals surface area contributed by atoms with E-state index in [4.69, 9.17) is 15.2 Å². The first kappa shape index (κ1) is 22.5. The van der Waals surface area contributed by atoms with Crippen molar-refractivity contribution in [2.75, 3.05) is 5.73 Å². The molecule has 0 amide bonds. The molecule has 0 spiro atoms. The van der Waals surface area contributed by atoms with Crippen LogP contribution in [0.3, 0.4) is 0 Å². The molecule has 2 atom stereocenters. The normalized spacial score (nSPS) is 30.1. The van der Waals surface area contributed by atoms with Gasteiger partial charge in [0.25, 0.3) is 0 Å². The number of nitrogen functional groups attached to an aromatic ring is 1. The lowest BCUT2D eigenvalue weighted by molar-refractivity contribution is -0.188. The number of phenols is 1. The summed E-state index contributed by atoms with van der Waals surface area (Å²) in [6.45, 7) is 0. The highest BCUT2D eigenvalue weighted by Crippen LogP contribution is 2.70. The lowest BCUT2D eigenvalue weighted by atomic mass is 9.38. The van der Waals surface area contributed by atoms with Gasteiger partial charge in [-0.3, -0.25) is 19.6 Å². The first-order chi connectivity index (χ1) is 17.3. The molecule has 3 N–H and O–H groups in total. The zero-order chi connectivity index (χ0) is 25.0. The zero-order valence-corrected chi connectivity index (χ0v) is 19.7. The summed E-state index contributed by atoms with van der Waals surface area (Å²) in [4.78, 5) is 35.7. The minimum Gasteiger partial charge on any atom is -0.506 e. The third kappa shape index (κ3) is 3.59. The molecule has 0 radical (unpaired) electrons. The first-order valence-electron chi connectivity index (χ1n) is 12.2. The number of aromatic hydroxyl groups is 1. The number of aromatic nitrogens is 2. The third-order valence-corrected chi connectivity index (χ3v) is 8.26. The van der Waals surface area contributed by atoms with Crippen LogP contribution < -0.4 is 15.2 Å². The Morgan fingerprint density at radius 3 is 1.94 bits per heavy atom. The average molecular weight is 486 g/mol. The molecule has 4 fully saturated rings. The summed E-state index contributed by atoms with van der Waals surface area (Å²) in [6.07, 6.45) is 9.87. The minimum atomic E-state index is -0.851. The highest BCUT2D eigenvalue weighted by Gasteiger charge is 2.69. The molecule has 4 aliphatic carbocycles. The van der Waals surface area contributed by atoms with Crippen molar-refractivity contribution >= 4 is 17.6 Å². The molecule has 4 aliphatic rings. The van der Waals surface area contributed by atoms with Crippen LogP contribution in [0.4, 0.5) is 5.69 Å². The summed E-state index contributed by atoms with van der Waals surface area (Å²) < 4.78 is 11.7. The van der Waals surface area contributed by atoms with E-state index in [2.05, 4.69) is 9.97 Å². The van der Waals surface area contributed by atoms with Crippen LogP contribution in [0, 0.1) is 16.7 Å². The summed E-state index contributed by atoms with van der Waals surface area (Å²) in [5, 5.41) is 10.0. The SMILES string of the molecule is Nc1cc(C23CC4CC(C(=O)Oc5cccnc5)(CC(C(=O)Oc5cccnc5)(C4)C2)C3)ccc1O. The molecule has 0 aliphatic heterocycles. The number of carbonyl (C=O) groups is 2. The number of hydrogen-bond acceptors (Lipinski definition) is 8. The number of nitrogens with two attached hydrogens (primary N) is 1. The monoisotopic (exact) mass is 485 g/mol. The van der Waals surface area contributed by atoms with Crippen molar-refractivity contribution in [3.63, 3.8) is 0 Å². The summed E-state index contributed by atoms with van der Waals surface area (Å²) in [7, 11) is 0. The van der Waals surface area contributed by atoms with Crippen molar-refractivity contribution in [3.8, 4) is 17.2 Å². The van der Waals surface area contributed by atoms with Crippen LogP contribution in [-0.4, -0.2) is 27.0 Å². The van der Waals surface area contributed by atoms with E-state index < -0.39 is 16.2 Å². The van der Waals surface area contributed by atoms with Gasteiger partial charge in [0.1, 0.15) is 17.2 Å². The molecule has 2 heterocycles. The van der Waals surface area contributed by atoms with Crippen molar-refractivity contribution in [1.29, 1.82) is 0 Å². The number of phenolic OH excluding ortho intramolecular Hbond substituents is 1. The van der Waals surface area contributed by atoms with Gasteiger partial charge in [-0.05, 0) is 91.8 Å². The van der Waals surface area contributed by atoms with E-state index in [9.17, 15) is 14.7 Å². The van der Waals surface area contributed by atoms with Gasteiger partial charge in [0.15, 0.2) is 0 Å². The topological polar surface area (TPSA) is 125 Å². The summed E-state index contributed by atoms with van der Waals surface area (Å²) in [5.41, 5.74) is 5.12. The first-order valence-corrected chi connectivity index (χ1v) is 12.2. The number of hydrogen-bond donors (Lipinski definition) is 2. The Morgan fingerprint density at radius 2 is 1.44 bits per heavy atom. The van der Waals surface area contributed by atoms with E-state index in [1.54, 1.807) is 48.8 Å². The van der Waals surface area contributed by atoms with E-state index in [-0.39, 0.29) is 29.3 Å². The predicted octanol–water partition coefficient (Wildman–Crippen LogP) is 4.18. The lowest BCUT2D eigenvalue weighted by Crippen LogP contribution is -2.64. The molecule has 184 valence electrons. The van der Waals surface area contributed by atoms with Gasteiger partial charge in [0.05, 0.1) is 28.9 Å². The maximum Gasteiger partial charge on any atom is 0.317 e. The molecule has 0 saturated heterocycles. The van der Waals surface area contributed by atoms with Crippen LogP contribution in [-0.2, 0) is 15.0 Å². The highest BCUT2D eigenvalue weighted by atomic mass is 16.5. The number of esters is 2. The van der Waals surface area contributed by atoms with Gasteiger partial charge in [-0.15, -0.1) is 0 Å². The van der Waals surface area contributed by atoms with Crippen LogP contribution in [0.5, 0.6) is 17.2 Å². The number of nitrogens with zero attached hydrogens (tertiary/aromatic N) is 2. The van der Waals surface area contributed by atoms with Gasteiger partial charge in [-0.2, -0.15) is 0 Å². The van der Waals surface area contributed by atoms with E-state index in [0.29, 0.717) is 43.6 Å². The van der Waals surface area contributed by atoms with Gasteiger partial charge in [0, 0.05) is 12.4 Å². The predicted molar refractivity (Wildman–Crippen MR) is 130 cm³/mol. The largest absolute Gasteiger partial charge is 0.506 e. The number of rotatable bonds is 5. The highest BCUT2D eigenvalue weighted by molar-refractivity contribution is 5.85. The quantitative estimate of drug-likeness (QED) is 0.313. The summed E-state index contributed by atoms with van der Waals surface area (Å²) in [6, 6.07) is 12.1. The Kier molecular flexibility index (Phi) is 5.03. The van der Waals surface area contributed by atoms with E-state index >= 15 is 0 Å². The van der Waals surface area contributed by atoms with E-state index in [0.717, 1.165) is 12.0 Å². The van der Waals surface area contributed by atoms with E-state index in [1.807, 2.05) is 6.07 Å². The Balaban J connectivity index is 1.42. The second-order valence-corrected chi connectivity index (χ2v) is 10.8. The molecule has 2 aromatic heterocycles. The van der Waals surface area contributed by atoms with Gasteiger partial charge in [0.2, 0.25) is 0 Å². The third-order valence-electron chi connectivity index (χ3n) is 8.26. The Bertz CT molecular complexity index is 1260. The number of pyridine rings is 2. The molecular weight excluding hydrogens is 458 g/mol. The molecule has 3 aromatic rings. The molecule has 4 saturated carbocycles. The average Bonchev–Trinajstić information content (AvgIpc) is 2.86. The zero-order valence-electron chi connectivity index (χ0n) is 19.7. The molecule has 8 heteroatoms. The van der Waals surface area contributed by atoms with Crippen LogP contribution >= 0.6 is 0 Å². The molecule has 7 rings (SSSR count). The van der Waals surface area contributed by atoms with Gasteiger partial charge >= 0.3 is 11.9 Å². The molecule has 8 nitrogen and oxygen atoms in total. The molecule has 1 aromatic carbocycles. The Hall–Kier alpha value is -3.94. The van der Waals surface area contributed by atoms with Crippen molar-refractivity contribution < 1.29 is 24.2 Å². The second-order valence-electron chi connectivity index (χ2n) is 10.8. The summed E-state index contributed by atoms with van der Waals surface area (Å²) >= 11 is 0. The van der Waals surface area contributed by atoms with Crippen LogP contribution in [0.25, 0.3) is 0 Å². The molecule has 36 heavy (non-hydrogen) atoms. The maximum atomic E-state index is 13.8. The fraction of sp³-hybridized carbons (Fsp3) is 0.357. The maximum absolute atomic E-state index is 13.8. The molecule has 4 bridgehead atoms. The molecule has 2 unspecified atom stereocenters. The fourth-order valence-corrected chi connectivity index (χ4v) is 7.35. The van der Waals surface area contributed by atoms with Gasteiger partial charge in [-0.1, -0.05) is 6.07 Å². The minimum absolute atomic E-state index is 0.0138. The standard InChI is InChI=1S/C28H27N3O5/c29-22-9-19(5-6-23(22)32)26-10-18-11-27(15-26,24(33)35-20-3-1-7-30-13-20)17-28(12-18,16-26)25(34)36-21-4-2-8-31-14-21/h1-9,13-14,18,32H,10-12,15-17,29H2. The fourth-order valence-electron chi connectivity index (χ4n) is 7.35. The van der Waals surface area contributed by atoms with Gasteiger partial charge in [-0.25, -0.2) is 0 Å². The summed E-state index contributed by atoms with van der Waals surface area (Å²) in [5.74, 6) is 0.240. The Labute approximate surface area is 208 Å².